The van der Waals surface area contributed by atoms with Gasteiger partial charge in [-0.1, -0.05) is 71.6 Å². The number of carbonyl (C=O) groups excluding carboxylic acids is 1. The predicted molar refractivity (Wildman–Crippen MR) is 71.7 cm³/mol. The van der Waals surface area contributed by atoms with Crippen LogP contribution in [0.5, 0.6) is 0 Å². The molecule has 0 aliphatic heterocycles. The van der Waals surface area contributed by atoms with Crippen LogP contribution in [0.2, 0.25) is 0 Å². The lowest BCUT2D eigenvalue weighted by Gasteiger charge is -2.11. The van der Waals surface area contributed by atoms with Crippen LogP contribution in [0, 0.1) is 5.92 Å². The Labute approximate surface area is 106 Å². The zero-order valence-corrected chi connectivity index (χ0v) is 11.6. The van der Waals surface area contributed by atoms with Gasteiger partial charge >= 0.3 is 6.04 Å². The van der Waals surface area contributed by atoms with Crippen LogP contribution in [0.25, 0.3) is 0 Å². The zero-order chi connectivity index (χ0) is 12.9. The van der Waals surface area contributed by atoms with E-state index in [0.717, 1.165) is 38.5 Å². The van der Waals surface area contributed by atoms with Crippen molar-refractivity contribution in [2.75, 3.05) is 0 Å². The van der Waals surface area contributed by atoms with E-state index < -0.39 is 6.04 Å². The highest BCUT2D eigenvalue weighted by Crippen LogP contribution is 2.19. The third kappa shape index (κ3) is 10.5. The quantitative estimate of drug-likeness (QED) is 0.330. The summed E-state index contributed by atoms with van der Waals surface area (Å²) in [7, 11) is 0. The van der Waals surface area contributed by atoms with Gasteiger partial charge in [0.1, 0.15) is 0 Å². The number of carbonyl (C=O) groups is 1. The van der Waals surface area contributed by atoms with Crippen LogP contribution in [-0.2, 0) is 4.79 Å². The standard InChI is InChI=1S/C15H29FO/c1-3-5-7-9-11-13-14(15(16)17)12-10-8-6-4-2/h14H,3-13H2,1-2H3. The van der Waals surface area contributed by atoms with Gasteiger partial charge in [0.15, 0.2) is 0 Å². The largest absolute Gasteiger partial charge is 0.304 e. The van der Waals surface area contributed by atoms with Crippen LogP contribution < -0.4 is 0 Å². The molecule has 0 aliphatic rings. The van der Waals surface area contributed by atoms with Gasteiger partial charge in [0, 0.05) is 5.92 Å². The molecular weight excluding hydrogens is 215 g/mol. The van der Waals surface area contributed by atoms with E-state index in [1.165, 1.54) is 32.1 Å². The second kappa shape index (κ2) is 12.1. The summed E-state index contributed by atoms with van der Waals surface area (Å²) in [6.07, 6.45) is 11.9. The Bertz CT molecular complexity index is 180. The van der Waals surface area contributed by atoms with Crippen molar-refractivity contribution in [2.24, 2.45) is 5.92 Å². The van der Waals surface area contributed by atoms with Crippen LogP contribution >= 0.6 is 0 Å². The number of hydrogen-bond donors (Lipinski definition) is 0. The predicted octanol–water partition coefficient (Wildman–Crippen LogP) is 5.43. The second-order valence-electron chi connectivity index (χ2n) is 5.05. The maximum absolute atomic E-state index is 12.8. The van der Waals surface area contributed by atoms with E-state index in [1.54, 1.807) is 0 Å². The van der Waals surface area contributed by atoms with Gasteiger partial charge in [0.05, 0.1) is 0 Å². The fourth-order valence-electron chi connectivity index (χ4n) is 2.18. The van der Waals surface area contributed by atoms with E-state index in [2.05, 4.69) is 13.8 Å². The molecule has 0 N–H and O–H groups in total. The van der Waals surface area contributed by atoms with Crippen molar-refractivity contribution in [1.29, 1.82) is 0 Å². The highest BCUT2D eigenvalue weighted by Gasteiger charge is 2.16. The molecule has 1 unspecified atom stereocenters. The van der Waals surface area contributed by atoms with E-state index in [9.17, 15) is 9.18 Å². The van der Waals surface area contributed by atoms with Crippen LogP contribution in [0.3, 0.4) is 0 Å². The monoisotopic (exact) mass is 244 g/mol. The molecule has 0 aromatic carbocycles. The molecule has 0 aliphatic carbocycles. The molecule has 2 heteroatoms. The van der Waals surface area contributed by atoms with Crippen LogP contribution in [0.15, 0.2) is 0 Å². The van der Waals surface area contributed by atoms with Crippen molar-refractivity contribution in [2.45, 2.75) is 84.5 Å². The Morgan fingerprint density at radius 2 is 1.24 bits per heavy atom. The third-order valence-corrected chi connectivity index (χ3v) is 3.38. The number of hydrogen-bond acceptors (Lipinski definition) is 1. The Morgan fingerprint density at radius 1 is 0.824 bits per heavy atom. The summed E-state index contributed by atoms with van der Waals surface area (Å²) in [4.78, 5) is 10.9. The SMILES string of the molecule is CCCCCCCC(CCCCCC)C(=O)F. The number of unbranched alkanes of at least 4 members (excludes halogenated alkanes) is 7. The first-order valence-corrected chi connectivity index (χ1v) is 7.41. The molecule has 0 heterocycles. The Kier molecular flexibility index (Phi) is 11.8. The van der Waals surface area contributed by atoms with Crippen molar-refractivity contribution >= 4 is 6.04 Å². The lowest BCUT2D eigenvalue weighted by Crippen LogP contribution is -2.09. The molecule has 1 atom stereocenters. The molecule has 17 heavy (non-hydrogen) atoms. The minimum absolute atomic E-state index is 0.312. The first-order chi connectivity index (χ1) is 8.22. The van der Waals surface area contributed by atoms with E-state index in [0.29, 0.717) is 0 Å². The minimum Gasteiger partial charge on any atom is -0.261 e. The van der Waals surface area contributed by atoms with Crippen LogP contribution in [0.1, 0.15) is 84.5 Å². The molecule has 0 amide bonds. The summed E-state index contributed by atoms with van der Waals surface area (Å²) in [5, 5.41) is 0. The topological polar surface area (TPSA) is 17.1 Å². The van der Waals surface area contributed by atoms with Gasteiger partial charge in [-0.15, -0.1) is 0 Å². The Balaban J connectivity index is 3.57. The molecule has 0 fully saturated rings. The van der Waals surface area contributed by atoms with Crippen molar-refractivity contribution < 1.29 is 9.18 Å². The van der Waals surface area contributed by atoms with Gasteiger partial charge < -0.3 is 0 Å². The summed E-state index contributed by atoms with van der Waals surface area (Å²) in [6.45, 7) is 4.34. The minimum atomic E-state index is -1.09. The molecule has 1 nitrogen and oxygen atoms in total. The van der Waals surface area contributed by atoms with Gasteiger partial charge in [-0.05, 0) is 12.8 Å². The van der Waals surface area contributed by atoms with Crippen LogP contribution in [-0.4, -0.2) is 6.04 Å². The lowest BCUT2D eigenvalue weighted by molar-refractivity contribution is -0.134. The molecule has 102 valence electrons. The number of halogens is 1. The highest BCUT2D eigenvalue weighted by molar-refractivity contribution is 5.70. The summed E-state index contributed by atoms with van der Waals surface area (Å²) < 4.78 is 12.8. The first kappa shape index (κ1) is 16.6. The summed E-state index contributed by atoms with van der Waals surface area (Å²) in [6, 6.07) is -1.09. The molecule has 0 saturated heterocycles. The Morgan fingerprint density at radius 3 is 1.65 bits per heavy atom. The smallest absolute Gasteiger partial charge is 0.261 e. The molecule has 0 aromatic rings. The average Bonchev–Trinajstić information content (AvgIpc) is 2.31. The fourth-order valence-corrected chi connectivity index (χ4v) is 2.18. The second-order valence-corrected chi connectivity index (χ2v) is 5.05. The summed E-state index contributed by atoms with van der Waals surface area (Å²) in [5.74, 6) is -0.312. The van der Waals surface area contributed by atoms with E-state index >= 15 is 0 Å². The first-order valence-electron chi connectivity index (χ1n) is 7.41. The molecular formula is C15H29FO. The van der Waals surface area contributed by atoms with E-state index in [1.807, 2.05) is 0 Å². The Hall–Kier alpha value is -0.400. The highest BCUT2D eigenvalue weighted by atomic mass is 19.1. The van der Waals surface area contributed by atoms with Gasteiger partial charge in [-0.3, -0.25) is 4.79 Å². The van der Waals surface area contributed by atoms with Gasteiger partial charge in [-0.25, -0.2) is 0 Å². The van der Waals surface area contributed by atoms with Crippen molar-refractivity contribution in [3.05, 3.63) is 0 Å². The normalized spacial score (nSPS) is 12.6. The lowest BCUT2D eigenvalue weighted by atomic mass is 9.95. The third-order valence-electron chi connectivity index (χ3n) is 3.38. The van der Waals surface area contributed by atoms with Gasteiger partial charge in [0.2, 0.25) is 0 Å². The molecule has 0 aromatic heterocycles. The van der Waals surface area contributed by atoms with Crippen LogP contribution in [0.4, 0.5) is 4.39 Å². The van der Waals surface area contributed by atoms with Crippen molar-refractivity contribution in [1.82, 2.24) is 0 Å². The van der Waals surface area contributed by atoms with Gasteiger partial charge in [0.25, 0.3) is 0 Å². The maximum atomic E-state index is 12.8. The van der Waals surface area contributed by atoms with Crippen molar-refractivity contribution in [3.63, 3.8) is 0 Å². The maximum Gasteiger partial charge on any atom is 0.304 e. The molecule has 0 radical (unpaired) electrons. The van der Waals surface area contributed by atoms with Crippen molar-refractivity contribution in [3.8, 4) is 0 Å². The van der Waals surface area contributed by atoms with E-state index in [4.69, 9.17) is 0 Å². The average molecular weight is 244 g/mol. The summed E-state index contributed by atoms with van der Waals surface area (Å²) in [5.41, 5.74) is 0. The number of rotatable bonds is 12. The zero-order valence-electron chi connectivity index (χ0n) is 11.6. The van der Waals surface area contributed by atoms with Gasteiger partial charge in [-0.2, -0.15) is 4.39 Å². The molecule has 0 rings (SSSR count). The molecule has 0 spiro atoms. The molecule has 0 bridgehead atoms. The fraction of sp³-hybridized carbons (Fsp3) is 0.933. The molecule has 0 saturated carbocycles. The summed E-state index contributed by atoms with van der Waals surface area (Å²) >= 11 is 0. The van der Waals surface area contributed by atoms with E-state index in [-0.39, 0.29) is 5.92 Å².